The Morgan fingerprint density at radius 1 is 1.21 bits per heavy atom. The van der Waals surface area contributed by atoms with Crippen molar-refractivity contribution in [1.29, 1.82) is 0 Å². The van der Waals surface area contributed by atoms with Gasteiger partial charge in [-0.3, -0.25) is 4.79 Å². The van der Waals surface area contributed by atoms with Gasteiger partial charge >= 0.3 is 6.18 Å². The van der Waals surface area contributed by atoms with E-state index in [1.165, 1.54) is 18.2 Å². The van der Waals surface area contributed by atoms with E-state index in [0.717, 1.165) is 5.56 Å². The van der Waals surface area contributed by atoms with Gasteiger partial charge in [0.05, 0.1) is 5.71 Å². The predicted octanol–water partition coefficient (Wildman–Crippen LogP) is 5.60. The van der Waals surface area contributed by atoms with Crippen molar-refractivity contribution in [3.05, 3.63) is 69.2 Å². The molecule has 2 aromatic carbocycles. The second-order valence-corrected chi connectivity index (χ2v) is 7.49. The van der Waals surface area contributed by atoms with Gasteiger partial charge in [0.2, 0.25) is 5.91 Å². The molecule has 0 radical (unpaired) electrons. The highest BCUT2D eigenvalue weighted by Crippen LogP contribution is 2.49. The lowest BCUT2D eigenvalue weighted by Crippen LogP contribution is -2.42. The largest absolute Gasteiger partial charge is 0.435 e. The van der Waals surface area contributed by atoms with Crippen molar-refractivity contribution < 1.29 is 22.8 Å². The quantitative estimate of drug-likeness (QED) is 0.652. The highest BCUT2D eigenvalue weighted by atomic mass is 35.5. The molecule has 2 aromatic rings. The van der Waals surface area contributed by atoms with Gasteiger partial charge in [-0.25, -0.2) is 0 Å². The summed E-state index contributed by atoms with van der Waals surface area (Å²) in [6.07, 6.45) is -4.94. The standard InChI is InChI=1S/C20H17Cl2F3N2O2/c1-2-18(28)26-11-12-4-3-5-13(6-12)17-10-19(29-27-17,20(23,24)25)14-7-15(21)9-16(22)8-14/h3-9H,2,10-11H2,1H3,(H,26,28). The third-order valence-corrected chi connectivity index (χ3v) is 5.02. The smallest absolute Gasteiger partial charge is 0.374 e. The molecule has 1 amide bonds. The summed E-state index contributed by atoms with van der Waals surface area (Å²) in [6.45, 7) is 2.00. The average Bonchev–Trinajstić information content (AvgIpc) is 3.12. The number of nitrogens with one attached hydrogen (secondary N) is 1. The summed E-state index contributed by atoms with van der Waals surface area (Å²) in [5, 5.41) is 6.61. The normalized spacial score (nSPS) is 18.9. The number of amides is 1. The maximum Gasteiger partial charge on any atom is 0.435 e. The van der Waals surface area contributed by atoms with E-state index in [2.05, 4.69) is 10.5 Å². The molecule has 0 aliphatic carbocycles. The van der Waals surface area contributed by atoms with Gasteiger partial charge in [-0.1, -0.05) is 53.5 Å². The van der Waals surface area contributed by atoms with Crippen molar-refractivity contribution >= 4 is 34.8 Å². The summed E-state index contributed by atoms with van der Waals surface area (Å²) in [5.41, 5.74) is -1.53. The monoisotopic (exact) mass is 444 g/mol. The number of carbonyl (C=O) groups is 1. The molecule has 0 fully saturated rings. The molecule has 0 saturated heterocycles. The lowest BCUT2D eigenvalue weighted by molar-refractivity contribution is -0.275. The molecular formula is C20H17Cl2F3N2O2. The van der Waals surface area contributed by atoms with Crippen molar-refractivity contribution in [2.45, 2.75) is 38.1 Å². The van der Waals surface area contributed by atoms with Crippen molar-refractivity contribution in [1.82, 2.24) is 5.32 Å². The van der Waals surface area contributed by atoms with Gasteiger partial charge in [0.15, 0.2) is 0 Å². The fourth-order valence-electron chi connectivity index (χ4n) is 3.03. The zero-order chi connectivity index (χ0) is 21.2. The lowest BCUT2D eigenvalue weighted by Gasteiger charge is -2.29. The highest BCUT2D eigenvalue weighted by molar-refractivity contribution is 6.34. The van der Waals surface area contributed by atoms with Crippen molar-refractivity contribution in [2.24, 2.45) is 5.16 Å². The van der Waals surface area contributed by atoms with E-state index in [0.29, 0.717) is 12.0 Å². The molecule has 29 heavy (non-hydrogen) atoms. The molecule has 0 spiro atoms. The van der Waals surface area contributed by atoms with Gasteiger partial charge in [0.25, 0.3) is 5.60 Å². The Labute approximate surface area is 175 Å². The van der Waals surface area contributed by atoms with Crippen LogP contribution in [-0.4, -0.2) is 17.8 Å². The van der Waals surface area contributed by atoms with Gasteiger partial charge < -0.3 is 10.2 Å². The van der Waals surface area contributed by atoms with Crippen molar-refractivity contribution in [3.63, 3.8) is 0 Å². The number of nitrogens with zero attached hydrogens (tertiary/aromatic N) is 1. The molecule has 1 aliphatic rings. The van der Waals surface area contributed by atoms with Crippen LogP contribution < -0.4 is 5.32 Å². The Bertz CT molecular complexity index is 943. The number of halogens is 5. The molecule has 1 N–H and O–H groups in total. The van der Waals surface area contributed by atoms with Gasteiger partial charge in [-0.15, -0.1) is 0 Å². The second-order valence-electron chi connectivity index (χ2n) is 6.62. The maximum absolute atomic E-state index is 14.0. The minimum atomic E-state index is -4.75. The average molecular weight is 445 g/mol. The predicted molar refractivity (Wildman–Crippen MR) is 105 cm³/mol. The molecule has 9 heteroatoms. The summed E-state index contributed by atoms with van der Waals surface area (Å²) in [5.74, 6) is -0.120. The summed E-state index contributed by atoms with van der Waals surface area (Å²) in [7, 11) is 0. The first kappa shape index (κ1) is 21.5. The van der Waals surface area contributed by atoms with E-state index >= 15 is 0 Å². The third kappa shape index (κ3) is 4.51. The summed E-state index contributed by atoms with van der Waals surface area (Å²) in [6, 6.07) is 10.5. The van der Waals surface area contributed by atoms with Crippen molar-refractivity contribution in [3.8, 4) is 0 Å². The van der Waals surface area contributed by atoms with Gasteiger partial charge in [-0.2, -0.15) is 13.2 Å². The van der Waals surface area contributed by atoms with Crippen LogP contribution in [0, 0.1) is 0 Å². The van der Waals surface area contributed by atoms with Gasteiger partial charge in [-0.05, 0) is 35.4 Å². The Morgan fingerprint density at radius 2 is 1.90 bits per heavy atom. The molecule has 1 unspecified atom stereocenters. The second kappa shape index (κ2) is 8.24. The van der Waals surface area contributed by atoms with Crippen molar-refractivity contribution in [2.75, 3.05) is 0 Å². The number of hydrogen-bond acceptors (Lipinski definition) is 3. The zero-order valence-electron chi connectivity index (χ0n) is 15.3. The highest BCUT2D eigenvalue weighted by Gasteiger charge is 2.62. The number of hydrogen-bond donors (Lipinski definition) is 1. The van der Waals surface area contributed by atoms with Crippen LogP contribution in [-0.2, 0) is 21.8 Å². The van der Waals surface area contributed by atoms with Crippen LogP contribution in [0.3, 0.4) is 0 Å². The molecule has 154 valence electrons. The van der Waals surface area contributed by atoms with Crippen LogP contribution >= 0.6 is 23.2 Å². The molecule has 0 bridgehead atoms. The van der Waals surface area contributed by atoms with Crippen LogP contribution in [0.25, 0.3) is 0 Å². The fraction of sp³-hybridized carbons (Fsp3) is 0.300. The first-order valence-electron chi connectivity index (χ1n) is 8.79. The number of benzene rings is 2. The maximum atomic E-state index is 14.0. The number of oxime groups is 1. The van der Waals surface area contributed by atoms with Crippen LogP contribution in [0.2, 0.25) is 10.0 Å². The molecule has 3 rings (SSSR count). The molecule has 4 nitrogen and oxygen atoms in total. The van der Waals surface area contributed by atoms with E-state index in [1.54, 1.807) is 31.2 Å². The molecule has 0 aromatic heterocycles. The van der Waals surface area contributed by atoms with Gasteiger partial charge in [0.1, 0.15) is 0 Å². The number of alkyl halides is 3. The summed E-state index contributed by atoms with van der Waals surface area (Å²) < 4.78 is 42.1. The van der Waals surface area contributed by atoms with E-state index in [1.807, 2.05) is 0 Å². The third-order valence-electron chi connectivity index (χ3n) is 4.59. The SMILES string of the molecule is CCC(=O)NCc1cccc(C2=NOC(c3cc(Cl)cc(Cl)c3)(C(F)(F)F)C2)c1. The first-order valence-corrected chi connectivity index (χ1v) is 9.54. The first-order chi connectivity index (χ1) is 13.6. The number of carbonyl (C=O) groups excluding carboxylic acids is 1. The van der Waals surface area contributed by atoms with Crippen LogP contribution in [0.1, 0.15) is 36.5 Å². The Kier molecular flexibility index (Phi) is 6.10. The molecule has 0 saturated carbocycles. The van der Waals surface area contributed by atoms with E-state index in [9.17, 15) is 18.0 Å². The minimum absolute atomic E-state index is 0.0711. The minimum Gasteiger partial charge on any atom is -0.374 e. The molecule has 1 heterocycles. The van der Waals surface area contributed by atoms with Crippen LogP contribution in [0.4, 0.5) is 13.2 Å². The van der Waals surface area contributed by atoms with E-state index < -0.39 is 18.2 Å². The Hall–Kier alpha value is -2.25. The topological polar surface area (TPSA) is 50.7 Å². The summed E-state index contributed by atoms with van der Waals surface area (Å²) in [4.78, 5) is 16.4. The Morgan fingerprint density at radius 3 is 2.52 bits per heavy atom. The van der Waals surface area contributed by atoms with E-state index in [-0.39, 0.29) is 33.8 Å². The Balaban J connectivity index is 1.90. The van der Waals surface area contributed by atoms with Crippen LogP contribution in [0.15, 0.2) is 47.6 Å². The fourth-order valence-corrected chi connectivity index (χ4v) is 3.56. The molecule has 1 aliphatic heterocycles. The van der Waals surface area contributed by atoms with Crippen LogP contribution in [0.5, 0.6) is 0 Å². The summed E-state index contributed by atoms with van der Waals surface area (Å²) >= 11 is 11.8. The number of rotatable bonds is 5. The van der Waals surface area contributed by atoms with Gasteiger partial charge in [0, 0.05) is 35.0 Å². The lowest BCUT2D eigenvalue weighted by atomic mass is 9.86. The molecule has 1 atom stereocenters. The van der Waals surface area contributed by atoms with E-state index in [4.69, 9.17) is 28.0 Å². The molecular weight excluding hydrogens is 428 g/mol. The zero-order valence-corrected chi connectivity index (χ0v) is 16.8.